The number of ether oxygens (including phenoxy) is 1. The van der Waals surface area contributed by atoms with Crippen LogP contribution in [0, 0.1) is 11.8 Å². The van der Waals surface area contributed by atoms with Crippen LogP contribution in [0.5, 0.6) is 5.75 Å². The summed E-state index contributed by atoms with van der Waals surface area (Å²) in [7, 11) is 0. The zero-order valence-electron chi connectivity index (χ0n) is 14.5. The van der Waals surface area contributed by atoms with Crippen LogP contribution in [0.2, 0.25) is 5.02 Å². The van der Waals surface area contributed by atoms with Crippen LogP contribution in [0.4, 0.5) is 0 Å². The van der Waals surface area contributed by atoms with Gasteiger partial charge in [0.25, 0.3) is 5.56 Å². The van der Waals surface area contributed by atoms with E-state index in [-0.39, 0.29) is 10.6 Å². The third-order valence-corrected chi connectivity index (χ3v) is 4.58. The summed E-state index contributed by atoms with van der Waals surface area (Å²) in [5.74, 6) is 6.44. The third-order valence-electron chi connectivity index (χ3n) is 3.35. The standard InChI is InChI=1S/C19H20ClIN2O2/c1-19(2,3)23-18(24)17(20)16(13-22-23)25-11-5-4-6-14-7-9-15(12-21)10-8-14/h7-10,13H,5,11-12H2,1-3H3. The molecule has 25 heavy (non-hydrogen) atoms. The van der Waals surface area contributed by atoms with Gasteiger partial charge >= 0.3 is 0 Å². The van der Waals surface area contributed by atoms with Gasteiger partial charge < -0.3 is 4.74 Å². The van der Waals surface area contributed by atoms with Crippen LogP contribution in [0.1, 0.15) is 38.3 Å². The second kappa shape index (κ2) is 8.72. The molecular weight excluding hydrogens is 451 g/mol. The van der Waals surface area contributed by atoms with Gasteiger partial charge in [-0.25, -0.2) is 4.68 Å². The van der Waals surface area contributed by atoms with Crippen molar-refractivity contribution in [2.45, 2.75) is 37.2 Å². The van der Waals surface area contributed by atoms with E-state index in [0.29, 0.717) is 18.8 Å². The maximum Gasteiger partial charge on any atom is 0.289 e. The van der Waals surface area contributed by atoms with E-state index in [4.69, 9.17) is 16.3 Å². The fourth-order valence-electron chi connectivity index (χ4n) is 2.05. The zero-order chi connectivity index (χ0) is 18.4. The summed E-state index contributed by atoms with van der Waals surface area (Å²) in [5, 5.41) is 4.18. The molecule has 0 aliphatic heterocycles. The lowest BCUT2D eigenvalue weighted by Crippen LogP contribution is -2.36. The normalized spacial score (nSPS) is 10.9. The lowest BCUT2D eigenvalue weighted by Gasteiger charge is -2.21. The monoisotopic (exact) mass is 470 g/mol. The van der Waals surface area contributed by atoms with Gasteiger partial charge in [-0.2, -0.15) is 5.10 Å². The summed E-state index contributed by atoms with van der Waals surface area (Å²) in [5.41, 5.74) is 1.47. The van der Waals surface area contributed by atoms with Crippen molar-refractivity contribution in [3.63, 3.8) is 0 Å². The molecule has 2 aromatic rings. The second-order valence-electron chi connectivity index (χ2n) is 6.44. The highest BCUT2D eigenvalue weighted by atomic mass is 127. The SMILES string of the molecule is CC(C)(C)n1ncc(OCCC#Cc2ccc(CI)cc2)c(Cl)c1=O. The number of nitrogens with zero attached hydrogens (tertiary/aromatic N) is 2. The summed E-state index contributed by atoms with van der Waals surface area (Å²) in [6.07, 6.45) is 2.01. The zero-order valence-corrected chi connectivity index (χ0v) is 17.4. The molecule has 4 nitrogen and oxygen atoms in total. The minimum atomic E-state index is -0.433. The molecule has 0 spiro atoms. The second-order valence-corrected chi connectivity index (χ2v) is 7.58. The Morgan fingerprint density at radius 3 is 2.56 bits per heavy atom. The van der Waals surface area contributed by atoms with Gasteiger partial charge in [0.05, 0.1) is 18.3 Å². The highest BCUT2D eigenvalue weighted by Crippen LogP contribution is 2.20. The predicted molar refractivity (Wildman–Crippen MR) is 110 cm³/mol. The molecule has 0 saturated carbocycles. The van der Waals surface area contributed by atoms with Gasteiger partial charge in [-0.1, -0.05) is 58.2 Å². The molecule has 132 valence electrons. The van der Waals surface area contributed by atoms with Crippen molar-refractivity contribution < 1.29 is 4.74 Å². The van der Waals surface area contributed by atoms with E-state index in [1.807, 2.05) is 32.9 Å². The highest BCUT2D eigenvalue weighted by molar-refractivity contribution is 14.1. The number of hydrogen-bond acceptors (Lipinski definition) is 3. The number of benzene rings is 1. The summed E-state index contributed by atoms with van der Waals surface area (Å²) in [6.45, 7) is 6.01. The van der Waals surface area contributed by atoms with Gasteiger partial charge in [-0.05, 0) is 38.5 Å². The minimum Gasteiger partial charge on any atom is -0.489 e. The van der Waals surface area contributed by atoms with Crippen molar-refractivity contribution in [3.8, 4) is 17.6 Å². The smallest absolute Gasteiger partial charge is 0.289 e. The van der Waals surface area contributed by atoms with Gasteiger partial charge in [-0.15, -0.1) is 0 Å². The van der Waals surface area contributed by atoms with Crippen LogP contribution in [0.3, 0.4) is 0 Å². The molecule has 0 bridgehead atoms. The molecule has 1 aromatic heterocycles. The molecule has 0 N–H and O–H groups in total. The van der Waals surface area contributed by atoms with Crippen molar-refractivity contribution in [1.82, 2.24) is 9.78 Å². The Bertz CT molecular complexity index is 843. The Kier molecular flexibility index (Phi) is 6.91. The Labute approximate surface area is 166 Å². The maximum atomic E-state index is 12.2. The van der Waals surface area contributed by atoms with E-state index in [1.165, 1.54) is 16.4 Å². The first-order valence-electron chi connectivity index (χ1n) is 7.88. The summed E-state index contributed by atoms with van der Waals surface area (Å²) in [6, 6.07) is 8.16. The number of aromatic nitrogens is 2. The predicted octanol–water partition coefficient (Wildman–Crippen LogP) is 4.41. The molecule has 0 atom stereocenters. The molecule has 1 heterocycles. The fourth-order valence-corrected chi connectivity index (χ4v) is 2.74. The van der Waals surface area contributed by atoms with Crippen LogP contribution < -0.4 is 10.3 Å². The lowest BCUT2D eigenvalue weighted by molar-refractivity contribution is 0.306. The van der Waals surface area contributed by atoms with Crippen LogP contribution in [0.25, 0.3) is 0 Å². The van der Waals surface area contributed by atoms with Crippen molar-refractivity contribution in [2.75, 3.05) is 6.61 Å². The maximum absolute atomic E-state index is 12.2. The first kappa shape index (κ1) is 19.8. The van der Waals surface area contributed by atoms with E-state index in [0.717, 1.165) is 9.99 Å². The van der Waals surface area contributed by atoms with Crippen molar-refractivity contribution in [2.24, 2.45) is 0 Å². The van der Waals surface area contributed by atoms with Gasteiger partial charge in [0.2, 0.25) is 0 Å². The minimum absolute atomic E-state index is 0.0484. The molecule has 0 amide bonds. The van der Waals surface area contributed by atoms with E-state index in [2.05, 4.69) is 51.7 Å². The molecule has 0 unspecified atom stereocenters. The quantitative estimate of drug-likeness (QED) is 0.288. The molecule has 0 fully saturated rings. The molecule has 6 heteroatoms. The number of hydrogen-bond donors (Lipinski definition) is 0. The molecule has 0 saturated heterocycles. The summed E-state index contributed by atoms with van der Waals surface area (Å²) in [4.78, 5) is 12.2. The Morgan fingerprint density at radius 1 is 1.28 bits per heavy atom. The third kappa shape index (κ3) is 5.48. The topological polar surface area (TPSA) is 44.1 Å². The van der Waals surface area contributed by atoms with Gasteiger partial charge in [0.15, 0.2) is 10.8 Å². The van der Waals surface area contributed by atoms with Crippen molar-refractivity contribution >= 4 is 34.2 Å². The Hall–Kier alpha value is -1.52. The highest BCUT2D eigenvalue weighted by Gasteiger charge is 2.19. The molecule has 0 aliphatic carbocycles. The van der Waals surface area contributed by atoms with Gasteiger partial charge in [0.1, 0.15) is 0 Å². The van der Waals surface area contributed by atoms with Crippen molar-refractivity contribution in [3.05, 3.63) is 57.0 Å². The number of halogens is 2. The van der Waals surface area contributed by atoms with E-state index in [9.17, 15) is 4.79 Å². The van der Waals surface area contributed by atoms with Crippen LogP contribution in [-0.2, 0) is 9.97 Å². The average molecular weight is 471 g/mol. The lowest BCUT2D eigenvalue weighted by atomic mass is 10.1. The number of alkyl halides is 1. The first-order valence-corrected chi connectivity index (χ1v) is 9.78. The fraction of sp³-hybridized carbons (Fsp3) is 0.368. The molecule has 0 radical (unpaired) electrons. The van der Waals surface area contributed by atoms with Crippen LogP contribution in [0.15, 0.2) is 35.3 Å². The first-order chi connectivity index (χ1) is 11.8. The van der Waals surface area contributed by atoms with Gasteiger partial charge in [-0.3, -0.25) is 4.79 Å². The summed E-state index contributed by atoms with van der Waals surface area (Å²) < 4.78 is 7.89. The largest absolute Gasteiger partial charge is 0.489 e. The molecule has 2 rings (SSSR count). The summed E-state index contributed by atoms with van der Waals surface area (Å²) >= 11 is 8.44. The van der Waals surface area contributed by atoms with E-state index >= 15 is 0 Å². The molecular formula is C19H20ClIN2O2. The van der Waals surface area contributed by atoms with E-state index in [1.54, 1.807) is 0 Å². The van der Waals surface area contributed by atoms with Crippen LogP contribution in [-0.4, -0.2) is 16.4 Å². The molecule has 0 aliphatic rings. The number of rotatable bonds is 4. The Balaban J connectivity index is 1.95. The van der Waals surface area contributed by atoms with Crippen molar-refractivity contribution in [1.29, 1.82) is 0 Å². The molecule has 1 aromatic carbocycles. The average Bonchev–Trinajstić information content (AvgIpc) is 2.57. The Morgan fingerprint density at radius 2 is 1.96 bits per heavy atom. The van der Waals surface area contributed by atoms with E-state index < -0.39 is 5.54 Å². The van der Waals surface area contributed by atoms with Crippen LogP contribution >= 0.6 is 34.2 Å². The van der Waals surface area contributed by atoms with Gasteiger partial charge in [0, 0.05) is 16.4 Å².